The quantitative estimate of drug-likeness (QED) is 0.640. The molecule has 1 unspecified atom stereocenters. The van der Waals surface area contributed by atoms with Gasteiger partial charge in [-0.3, -0.25) is 11.3 Å². The molecule has 6 heteroatoms. The van der Waals surface area contributed by atoms with Gasteiger partial charge in [0.05, 0.1) is 5.92 Å². The topological polar surface area (TPSA) is 38.0 Å². The van der Waals surface area contributed by atoms with Crippen molar-refractivity contribution in [3.63, 3.8) is 0 Å². The van der Waals surface area contributed by atoms with Crippen molar-refractivity contribution < 1.29 is 13.2 Å². The number of halogens is 3. The number of nitrogens with one attached hydrogen (secondary N) is 1. The molecule has 0 saturated heterocycles. The molecule has 1 atom stereocenters. The van der Waals surface area contributed by atoms with Crippen LogP contribution in [0.1, 0.15) is 37.0 Å². The number of hydrogen-bond donors (Lipinski definition) is 2. The van der Waals surface area contributed by atoms with E-state index in [1.165, 1.54) is 4.88 Å². The van der Waals surface area contributed by atoms with Crippen LogP contribution in [0.15, 0.2) is 17.5 Å². The first-order valence-corrected chi connectivity index (χ1v) is 7.94. The summed E-state index contributed by atoms with van der Waals surface area (Å²) in [5.74, 6) is 4.74. The molecule has 1 aromatic rings. The van der Waals surface area contributed by atoms with Crippen LogP contribution >= 0.6 is 11.3 Å². The second-order valence-corrected chi connectivity index (χ2v) is 6.58. The van der Waals surface area contributed by atoms with Gasteiger partial charge in [0, 0.05) is 10.9 Å². The Kier molecular flexibility index (Phi) is 5.46. The third-order valence-corrected chi connectivity index (χ3v) is 5.24. The molecule has 1 aliphatic carbocycles. The molecule has 0 aliphatic heterocycles. The van der Waals surface area contributed by atoms with E-state index in [1.54, 1.807) is 11.3 Å². The summed E-state index contributed by atoms with van der Waals surface area (Å²) in [6.07, 6.45) is -0.499. The highest BCUT2D eigenvalue weighted by atomic mass is 32.1. The summed E-state index contributed by atoms with van der Waals surface area (Å²) in [6, 6.07) is 4.21. The van der Waals surface area contributed by atoms with Gasteiger partial charge in [0.2, 0.25) is 0 Å². The number of rotatable bonds is 5. The fourth-order valence-electron chi connectivity index (χ4n) is 3.06. The van der Waals surface area contributed by atoms with Crippen LogP contribution in [0, 0.1) is 11.8 Å². The standard InChI is InChI=1S/C14H21F3N2S/c15-14(16,17)11-5-3-10(4-6-11)13(19-18)8-7-12-2-1-9-20-12/h1-2,9-11,13,19H,3-8,18H2. The fraction of sp³-hybridized carbons (Fsp3) is 0.714. The normalized spacial score (nSPS) is 25.6. The Morgan fingerprint density at radius 1 is 1.30 bits per heavy atom. The SMILES string of the molecule is NNC(CCc1cccs1)C1CCC(C(F)(F)F)CC1. The smallest absolute Gasteiger partial charge is 0.271 e. The fourth-order valence-corrected chi connectivity index (χ4v) is 3.78. The largest absolute Gasteiger partial charge is 0.391 e. The maximum absolute atomic E-state index is 12.6. The molecule has 1 heterocycles. The second-order valence-electron chi connectivity index (χ2n) is 5.54. The number of hydrazine groups is 1. The van der Waals surface area contributed by atoms with Gasteiger partial charge in [-0.15, -0.1) is 11.3 Å². The minimum atomic E-state index is -4.03. The molecule has 1 aromatic heterocycles. The van der Waals surface area contributed by atoms with E-state index in [1.807, 2.05) is 11.4 Å². The minimum Gasteiger partial charge on any atom is -0.271 e. The van der Waals surface area contributed by atoms with Crippen LogP contribution in [0.2, 0.25) is 0 Å². The number of thiophene rings is 1. The monoisotopic (exact) mass is 306 g/mol. The van der Waals surface area contributed by atoms with Crippen molar-refractivity contribution in [2.75, 3.05) is 0 Å². The van der Waals surface area contributed by atoms with Gasteiger partial charge in [0.15, 0.2) is 0 Å². The third-order valence-electron chi connectivity index (χ3n) is 4.30. The van der Waals surface area contributed by atoms with Crippen LogP contribution in [-0.4, -0.2) is 12.2 Å². The molecule has 1 aliphatic rings. The zero-order chi connectivity index (χ0) is 14.6. The Morgan fingerprint density at radius 3 is 2.50 bits per heavy atom. The van der Waals surface area contributed by atoms with E-state index in [9.17, 15) is 13.2 Å². The zero-order valence-electron chi connectivity index (χ0n) is 11.3. The van der Waals surface area contributed by atoms with Crippen LogP contribution in [0.4, 0.5) is 13.2 Å². The Hall–Kier alpha value is -0.590. The Bertz CT molecular complexity index is 384. The molecule has 0 amide bonds. The average Bonchev–Trinajstić information content (AvgIpc) is 2.92. The van der Waals surface area contributed by atoms with Gasteiger partial charge in [-0.2, -0.15) is 13.2 Å². The van der Waals surface area contributed by atoms with E-state index in [2.05, 4.69) is 11.5 Å². The van der Waals surface area contributed by atoms with Crippen molar-refractivity contribution in [3.05, 3.63) is 22.4 Å². The van der Waals surface area contributed by atoms with Crippen LogP contribution < -0.4 is 11.3 Å². The molecule has 114 valence electrons. The van der Waals surface area contributed by atoms with E-state index in [4.69, 9.17) is 5.84 Å². The molecule has 20 heavy (non-hydrogen) atoms. The summed E-state index contributed by atoms with van der Waals surface area (Å²) < 4.78 is 37.9. The molecule has 0 spiro atoms. The first-order chi connectivity index (χ1) is 9.50. The molecule has 0 bridgehead atoms. The molecule has 1 fully saturated rings. The van der Waals surface area contributed by atoms with Gasteiger partial charge in [-0.1, -0.05) is 6.07 Å². The highest BCUT2D eigenvalue weighted by molar-refractivity contribution is 7.09. The van der Waals surface area contributed by atoms with Gasteiger partial charge >= 0.3 is 6.18 Å². The van der Waals surface area contributed by atoms with Crippen molar-refractivity contribution in [1.29, 1.82) is 0 Å². The Labute approximate surface area is 121 Å². The molecule has 3 N–H and O–H groups in total. The lowest BCUT2D eigenvalue weighted by atomic mass is 9.77. The molecule has 0 aromatic carbocycles. The summed E-state index contributed by atoms with van der Waals surface area (Å²) in [7, 11) is 0. The maximum atomic E-state index is 12.6. The van der Waals surface area contributed by atoms with Gasteiger partial charge in [-0.05, 0) is 55.9 Å². The first-order valence-electron chi connectivity index (χ1n) is 7.06. The minimum absolute atomic E-state index is 0.117. The van der Waals surface area contributed by atoms with Crippen molar-refractivity contribution >= 4 is 11.3 Å². The van der Waals surface area contributed by atoms with Crippen LogP contribution in [0.25, 0.3) is 0 Å². The Balaban J connectivity index is 1.81. The van der Waals surface area contributed by atoms with Crippen molar-refractivity contribution in [2.24, 2.45) is 17.7 Å². The zero-order valence-corrected chi connectivity index (χ0v) is 12.1. The summed E-state index contributed by atoms with van der Waals surface area (Å²) >= 11 is 1.71. The molecular weight excluding hydrogens is 285 g/mol. The first kappa shape index (κ1) is 15.8. The van der Waals surface area contributed by atoms with Gasteiger partial charge in [0.1, 0.15) is 0 Å². The summed E-state index contributed by atoms with van der Waals surface area (Å²) in [5, 5.41) is 2.04. The molecular formula is C14H21F3N2S. The number of nitrogens with two attached hydrogens (primary N) is 1. The van der Waals surface area contributed by atoms with Crippen molar-refractivity contribution in [3.8, 4) is 0 Å². The van der Waals surface area contributed by atoms with Crippen molar-refractivity contribution in [1.82, 2.24) is 5.43 Å². The van der Waals surface area contributed by atoms with Crippen molar-refractivity contribution in [2.45, 2.75) is 50.7 Å². The lowest BCUT2D eigenvalue weighted by Crippen LogP contribution is -2.43. The van der Waals surface area contributed by atoms with E-state index >= 15 is 0 Å². The average molecular weight is 306 g/mol. The summed E-state index contributed by atoms with van der Waals surface area (Å²) in [6.45, 7) is 0. The predicted molar refractivity (Wildman–Crippen MR) is 75.3 cm³/mol. The van der Waals surface area contributed by atoms with E-state index in [0.717, 1.165) is 12.8 Å². The molecule has 2 rings (SSSR count). The lowest BCUT2D eigenvalue weighted by molar-refractivity contribution is -0.184. The molecule has 1 saturated carbocycles. The van der Waals surface area contributed by atoms with E-state index in [0.29, 0.717) is 12.8 Å². The predicted octanol–water partition coefficient (Wildman–Crippen LogP) is 3.88. The van der Waals surface area contributed by atoms with Crippen LogP contribution in [0.3, 0.4) is 0 Å². The van der Waals surface area contributed by atoms with E-state index < -0.39 is 12.1 Å². The number of alkyl halides is 3. The summed E-state index contributed by atoms with van der Waals surface area (Å²) in [4.78, 5) is 1.30. The lowest BCUT2D eigenvalue weighted by Gasteiger charge is -2.34. The van der Waals surface area contributed by atoms with Gasteiger partial charge in [-0.25, -0.2) is 0 Å². The maximum Gasteiger partial charge on any atom is 0.391 e. The van der Waals surface area contributed by atoms with Crippen LogP contribution in [-0.2, 0) is 6.42 Å². The van der Waals surface area contributed by atoms with Gasteiger partial charge in [0.25, 0.3) is 0 Å². The Morgan fingerprint density at radius 2 is 2.00 bits per heavy atom. The summed E-state index contributed by atoms with van der Waals surface area (Å²) in [5.41, 5.74) is 2.81. The third kappa shape index (κ3) is 4.20. The van der Waals surface area contributed by atoms with Gasteiger partial charge < -0.3 is 0 Å². The number of hydrogen-bond acceptors (Lipinski definition) is 3. The number of aryl methyl sites for hydroxylation is 1. The highest BCUT2D eigenvalue weighted by Gasteiger charge is 2.42. The molecule has 2 nitrogen and oxygen atoms in total. The molecule has 0 radical (unpaired) electrons. The van der Waals surface area contributed by atoms with E-state index in [-0.39, 0.29) is 24.8 Å². The second kappa shape index (κ2) is 6.91. The van der Waals surface area contributed by atoms with Crippen LogP contribution in [0.5, 0.6) is 0 Å². The highest BCUT2D eigenvalue weighted by Crippen LogP contribution is 2.40.